The maximum Gasteiger partial charge on any atom is 0.253 e. The Balaban J connectivity index is 1.74. The molecule has 0 saturated carbocycles. The number of carbonyl (C=O) groups excluding carboxylic acids is 1. The normalized spacial score (nSPS) is 25.6. The van der Waals surface area contributed by atoms with Gasteiger partial charge in [0.2, 0.25) is 0 Å². The van der Waals surface area contributed by atoms with E-state index < -0.39 is 0 Å². The van der Waals surface area contributed by atoms with Crippen LogP contribution < -0.4 is 10.6 Å². The van der Waals surface area contributed by atoms with Crippen molar-refractivity contribution < 1.29 is 9.53 Å². The Bertz CT molecular complexity index is 469. The molecule has 1 aromatic rings. The van der Waals surface area contributed by atoms with Crippen molar-refractivity contribution in [2.75, 3.05) is 18.4 Å². The lowest BCUT2D eigenvalue weighted by Crippen LogP contribution is -2.61. The molecular weight excluding hydrogens is 228 g/mol. The second kappa shape index (κ2) is 4.37. The largest absolute Gasteiger partial charge is 0.360 e. The van der Waals surface area contributed by atoms with E-state index in [9.17, 15) is 4.79 Å². The van der Waals surface area contributed by atoms with Gasteiger partial charge in [-0.2, -0.15) is 0 Å². The van der Waals surface area contributed by atoms with Gasteiger partial charge in [0.05, 0.1) is 5.60 Å². The average Bonchev–Trinajstić information content (AvgIpc) is 2.48. The van der Waals surface area contributed by atoms with Crippen molar-refractivity contribution in [3.05, 3.63) is 29.8 Å². The molecule has 2 aliphatic heterocycles. The summed E-state index contributed by atoms with van der Waals surface area (Å²) in [5.41, 5.74) is 1.93. The van der Waals surface area contributed by atoms with Crippen LogP contribution in [0.4, 0.5) is 5.69 Å². The van der Waals surface area contributed by atoms with Crippen LogP contribution in [0.2, 0.25) is 0 Å². The molecule has 2 heterocycles. The molecule has 0 radical (unpaired) electrons. The van der Waals surface area contributed by atoms with Crippen LogP contribution >= 0.6 is 0 Å². The van der Waals surface area contributed by atoms with Gasteiger partial charge >= 0.3 is 0 Å². The van der Waals surface area contributed by atoms with Crippen molar-refractivity contribution in [3.8, 4) is 0 Å². The van der Waals surface area contributed by atoms with Gasteiger partial charge < -0.3 is 15.4 Å². The Kier molecular flexibility index (Phi) is 2.84. The lowest BCUT2D eigenvalue weighted by atomic mass is 9.99. The molecule has 1 fully saturated rings. The molecule has 96 valence electrons. The third-order valence-corrected chi connectivity index (χ3v) is 3.67. The fourth-order valence-electron chi connectivity index (χ4n) is 2.51. The van der Waals surface area contributed by atoms with E-state index in [2.05, 4.69) is 23.6 Å². The highest BCUT2D eigenvalue weighted by atomic mass is 16.5. The van der Waals surface area contributed by atoms with E-state index in [1.807, 2.05) is 18.2 Å². The van der Waals surface area contributed by atoms with E-state index in [0.717, 1.165) is 31.6 Å². The molecule has 2 aliphatic rings. The topological polar surface area (TPSA) is 50.4 Å². The summed E-state index contributed by atoms with van der Waals surface area (Å²) in [7, 11) is 0. The van der Waals surface area contributed by atoms with Crippen LogP contribution in [0.5, 0.6) is 0 Å². The van der Waals surface area contributed by atoms with Gasteiger partial charge in [0, 0.05) is 18.8 Å². The lowest BCUT2D eigenvalue weighted by Gasteiger charge is -2.41. The minimum Gasteiger partial charge on any atom is -0.360 e. The number of nitrogens with one attached hydrogen (secondary N) is 2. The molecule has 1 unspecified atom stereocenters. The van der Waals surface area contributed by atoms with Gasteiger partial charge in [-0.25, -0.2) is 0 Å². The van der Waals surface area contributed by atoms with E-state index in [1.54, 1.807) is 0 Å². The van der Waals surface area contributed by atoms with Crippen LogP contribution in [0.25, 0.3) is 0 Å². The van der Waals surface area contributed by atoms with Crippen molar-refractivity contribution in [1.29, 1.82) is 0 Å². The van der Waals surface area contributed by atoms with Crippen LogP contribution in [0.1, 0.15) is 18.9 Å². The zero-order valence-corrected chi connectivity index (χ0v) is 10.5. The van der Waals surface area contributed by atoms with Crippen molar-refractivity contribution >= 4 is 11.6 Å². The van der Waals surface area contributed by atoms with E-state index in [1.165, 1.54) is 5.56 Å². The first-order valence-corrected chi connectivity index (χ1v) is 6.44. The fourth-order valence-corrected chi connectivity index (χ4v) is 2.51. The van der Waals surface area contributed by atoms with Gasteiger partial charge in [-0.05, 0) is 31.4 Å². The van der Waals surface area contributed by atoms with Gasteiger partial charge in [0.15, 0.2) is 0 Å². The third kappa shape index (κ3) is 2.13. The van der Waals surface area contributed by atoms with E-state index in [4.69, 9.17) is 4.74 Å². The van der Waals surface area contributed by atoms with Crippen molar-refractivity contribution in [2.24, 2.45) is 0 Å². The SMILES string of the molecule is CC1(OC2CCc3ccccc3NC2=O)CNC1. The van der Waals surface area contributed by atoms with Crippen LogP contribution in [0.3, 0.4) is 0 Å². The standard InChI is InChI=1S/C14H18N2O2/c1-14(8-15-9-14)18-12-7-6-10-4-2-3-5-11(10)16-13(12)17/h2-5,12,15H,6-9H2,1H3,(H,16,17). The van der Waals surface area contributed by atoms with Gasteiger partial charge in [0.1, 0.15) is 6.10 Å². The second-order valence-electron chi connectivity index (χ2n) is 5.35. The highest BCUT2D eigenvalue weighted by Crippen LogP contribution is 2.26. The summed E-state index contributed by atoms with van der Waals surface area (Å²) >= 11 is 0. The molecular formula is C14H18N2O2. The zero-order valence-electron chi connectivity index (χ0n) is 10.5. The summed E-state index contributed by atoms with van der Waals surface area (Å²) < 4.78 is 5.96. The number of anilines is 1. The van der Waals surface area contributed by atoms with Gasteiger partial charge in [-0.1, -0.05) is 18.2 Å². The molecule has 0 aliphatic carbocycles. The molecule has 4 heteroatoms. The molecule has 4 nitrogen and oxygen atoms in total. The molecule has 1 amide bonds. The number of rotatable bonds is 2. The highest BCUT2D eigenvalue weighted by Gasteiger charge is 2.38. The fraction of sp³-hybridized carbons (Fsp3) is 0.500. The predicted molar refractivity (Wildman–Crippen MR) is 69.5 cm³/mol. The first-order chi connectivity index (χ1) is 8.66. The Morgan fingerprint density at radius 2 is 2.11 bits per heavy atom. The summed E-state index contributed by atoms with van der Waals surface area (Å²) in [5.74, 6) is -0.0203. The maximum atomic E-state index is 12.1. The van der Waals surface area contributed by atoms with Crippen molar-refractivity contribution in [3.63, 3.8) is 0 Å². The van der Waals surface area contributed by atoms with Crippen LogP contribution in [0, 0.1) is 0 Å². The first-order valence-electron chi connectivity index (χ1n) is 6.44. The van der Waals surface area contributed by atoms with E-state index >= 15 is 0 Å². The second-order valence-corrected chi connectivity index (χ2v) is 5.35. The minimum atomic E-state index is -0.343. The Hall–Kier alpha value is -1.39. The predicted octanol–water partition coefficient (Wildman–Crippen LogP) is 1.32. The minimum absolute atomic E-state index is 0.0203. The third-order valence-electron chi connectivity index (χ3n) is 3.67. The smallest absolute Gasteiger partial charge is 0.253 e. The highest BCUT2D eigenvalue weighted by molar-refractivity contribution is 5.95. The molecule has 0 aromatic heterocycles. The number of hydrogen-bond donors (Lipinski definition) is 2. The number of para-hydroxylation sites is 1. The van der Waals surface area contributed by atoms with Crippen molar-refractivity contribution in [2.45, 2.75) is 31.5 Å². The van der Waals surface area contributed by atoms with Crippen molar-refractivity contribution in [1.82, 2.24) is 5.32 Å². The summed E-state index contributed by atoms with van der Waals surface area (Å²) in [6, 6.07) is 7.95. The number of ether oxygens (including phenoxy) is 1. The summed E-state index contributed by atoms with van der Waals surface area (Å²) in [5, 5.41) is 6.14. The van der Waals surface area contributed by atoms with Gasteiger partial charge in [-0.15, -0.1) is 0 Å². The molecule has 1 aromatic carbocycles. The zero-order chi connectivity index (χ0) is 12.6. The maximum absolute atomic E-state index is 12.1. The molecule has 1 atom stereocenters. The lowest BCUT2D eigenvalue weighted by molar-refractivity contribution is -0.148. The Morgan fingerprint density at radius 3 is 2.83 bits per heavy atom. The molecule has 18 heavy (non-hydrogen) atoms. The monoisotopic (exact) mass is 246 g/mol. The Morgan fingerprint density at radius 1 is 1.33 bits per heavy atom. The number of carbonyl (C=O) groups is 1. The number of benzene rings is 1. The van der Waals surface area contributed by atoms with Crippen LogP contribution in [-0.4, -0.2) is 30.7 Å². The molecule has 0 spiro atoms. The summed E-state index contributed by atoms with van der Waals surface area (Å²) in [6.07, 6.45) is 1.28. The van der Waals surface area contributed by atoms with Gasteiger partial charge in [-0.3, -0.25) is 4.79 Å². The number of amides is 1. The first kappa shape index (κ1) is 11.7. The van der Waals surface area contributed by atoms with E-state index in [0.29, 0.717) is 0 Å². The Labute approximate surface area is 107 Å². The number of fused-ring (bicyclic) bond motifs is 1. The van der Waals surface area contributed by atoms with E-state index in [-0.39, 0.29) is 17.6 Å². The summed E-state index contributed by atoms with van der Waals surface area (Å²) in [6.45, 7) is 3.70. The quantitative estimate of drug-likeness (QED) is 0.827. The molecule has 0 bridgehead atoms. The number of aryl methyl sites for hydroxylation is 1. The summed E-state index contributed by atoms with van der Waals surface area (Å²) in [4.78, 5) is 12.1. The van der Waals surface area contributed by atoms with Crippen LogP contribution in [-0.2, 0) is 16.0 Å². The molecule has 1 saturated heterocycles. The molecule has 3 rings (SSSR count). The average molecular weight is 246 g/mol. The van der Waals surface area contributed by atoms with Crippen LogP contribution in [0.15, 0.2) is 24.3 Å². The number of hydrogen-bond acceptors (Lipinski definition) is 3. The van der Waals surface area contributed by atoms with Gasteiger partial charge in [0.25, 0.3) is 5.91 Å². The molecule has 2 N–H and O–H groups in total.